The minimum absolute atomic E-state index is 0.0705. The standard InChI is InChI=1S/C29H33F2N3O2/c30-21-1-2-22(23(31)12-21)28(5-6-28)16-34-27(36)26(32)25-19-9-18-10-20(25)15-29(13-18,14-19)24(35)11-17-3-7-33-8-4-17/h1-4,7-8,12,18-20,25-26H,5-6,9-11,13-16,32H2,(H,34,36). The maximum Gasteiger partial charge on any atom is 0.237 e. The summed E-state index contributed by atoms with van der Waals surface area (Å²) >= 11 is 0. The lowest BCUT2D eigenvalue weighted by Gasteiger charge is -2.60. The number of pyridine rings is 1. The number of halogens is 2. The third-order valence-corrected chi connectivity index (χ3v) is 9.73. The topological polar surface area (TPSA) is 85.1 Å². The number of benzene rings is 1. The van der Waals surface area contributed by atoms with Gasteiger partial charge in [-0.2, -0.15) is 0 Å². The van der Waals surface area contributed by atoms with Gasteiger partial charge in [-0.15, -0.1) is 0 Å². The number of carbonyl (C=O) groups excluding carboxylic acids is 2. The molecule has 5 aliphatic carbocycles. The molecule has 0 saturated heterocycles. The molecule has 1 aromatic carbocycles. The summed E-state index contributed by atoms with van der Waals surface area (Å²) in [6, 6.07) is 6.85. The van der Waals surface area contributed by atoms with Gasteiger partial charge in [0.2, 0.25) is 5.91 Å². The van der Waals surface area contributed by atoms with E-state index in [0.29, 0.717) is 30.2 Å². The Morgan fingerprint density at radius 2 is 1.75 bits per heavy atom. The van der Waals surface area contributed by atoms with Crippen molar-refractivity contribution in [3.63, 3.8) is 0 Å². The van der Waals surface area contributed by atoms with Crippen molar-refractivity contribution in [2.24, 2.45) is 34.8 Å². The highest BCUT2D eigenvalue weighted by atomic mass is 19.1. The van der Waals surface area contributed by atoms with Gasteiger partial charge in [-0.1, -0.05) is 6.07 Å². The molecular weight excluding hydrogens is 460 g/mol. The van der Waals surface area contributed by atoms with E-state index in [9.17, 15) is 18.4 Å². The molecule has 1 heterocycles. The zero-order valence-electron chi connectivity index (χ0n) is 20.4. The molecule has 4 bridgehead atoms. The first kappa shape index (κ1) is 23.7. The summed E-state index contributed by atoms with van der Waals surface area (Å²) in [6.45, 7) is 0.307. The number of hydrogen-bond donors (Lipinski definition) is 2. The maximum atomic E-state index is 14.4. The Balaban J connectivity index is 1.12. The highest BCUT2D eigenvalue weighted by Crippen LogP contribution is 2.63. The van der Waals surface area contributed by atoms with Gasteiger partial charge in [0.25, 0.3) is 0 Å². The van der Waals surface area contributed by atoms with Crippen LogP contribution < -0.4 is 11.1 Å². The van der Waals surface area contributed by atoms with Crippen molar-refractivity contribution in [2.75, 3.05) is 6.54 Å². The Bertz CT molecular complexity index is 1170. The van der Waals surface area contributed by atoms with E-state index in [4.69, 9.17) is 5.73 Å². The fourth-order valence-corrected chi connectivity index (χ4v) is 8.03. The molecule has 7 rings (SSSR count). The third-order valence-electron chi connectivity index (χ3n) is 9.73. The molecule has 3 unspecified atom stereocenters. The molecule has 1 amide bonds. The van der Waals surface area contributed by atoms with Gasteiger partial charge in [0.05, 0.1) is 6.04 Å². The summed E-state index contributed by atoms with van der Waals surface area (Å²) in [5.74, 6) is 0.129. The van der Waals surface area contributed by atoms with Crippen LogP contribution in [0.3, 0.4) is 0 Å². The van der Waals surface area contributed by atoms with Crippen LogP contribution in [-0.4, -0.2) is 29.3 Å². The number of rotatable bonds is 8. The first-order chi connectivity index (χ1) is 17.3. The van der Waals surface area contributed by atoms with E-state index in [0.717, 1.165) is 56.6 Å². The van der Waals surface area contributed by atoms with Crippen molar-refractivity contribution in [1.29, 1.82) is 0 Å². The predicted molar refractivity (Wildman–Crippen MR) is 131 cm³/mol. The zero-order valence-corrected chi connectivity index (χ0v) is 20.4. The van der Waals surface area contributed by atoms with E-state index >= 15 is 0 Å². The van der Waals surface area contributed by atoms with Crippen LogP contribution in [0.5, 0.6) is 0 Å². The molecule has 5 nitrogen and oxygen atoms in total. The van der Waals surface area contributed by atoms with Crippen molar-refractivity contribution >= 4 is 11.7 Å². The summed E-state index contributed by atoms with van der Waals surface area (Å²) < 4.78 is 27.7. The van der Waals surface area contributed by atoms with E-state index < -0.39 is 23.1 Å². The van der Waals surface area contributed by atoms with Gasteiger partial charge in [-0.05, 0) is 97.9 Å². The lowest BCUT2D eigenvalue weighted by molar-refractivity contribution is -0.153. The number of nitrogens with two attached hydrogens (primary N) is 1. The number of hydrogen-bond acceptors (Lipinski definition) is 4. The number of ketones is 1. The van der Waals surface area contributed by atoms with Crippen molar-refractivity contribution in [3.8, 4) is 0 Å². The van der Waals surface area contributed by atoms with Crippen LogP contribution in [-0.2, 0) is 21.4 Å². The minimum Gasteiger partial charge on any atom is -0.354 e. The monoisotopic (exact) mass is 493 g/mol. The Morgan fingerprint density at radius 3 is 2.39 bits per heavy atom. The molecule has 190 valence electrons. The second-order valence-electron chi connectivity index (χ2n) is 11.9. The second-order valence-corrected chi connectivity index (χ2v) is 11.9. The van der Waals surface area contributed by atoms with Crippen molar-refractivity contribution in [2.45, 2.75) is 62.8 Å². The molecule has 5 saturated carbocycles. The Hall–Kier alpha value is -2.67. The summed E-state index contributed by atoms with van der Waals surface area (Å²) in [5, 5.41) is 3.00. The highest BCUT2D eigenvalue weighted by molar-refractivity contribution is 5.87. The van der Waals surface area contributed by atoms with Gasteiger partial charge in [-0.3, -0.25) is 14.6 Å². The molecule has 36 heavy (non-hydrogen) atoms. The summed E-state index contributed by atoms with van der Waals surface area (Å²) in [6.07, 6.45) is 10.1. The molecule has 0 aliphatic heterocycles. The average molecular weight is 494 g/mol. The molecule has 0 spiro atoms. The number of nitrogens with zero attached hydrogens (tertiary/aromatic N) is 1. The smallest absolute Gasteiger partial charge is 0.237 e. The number of carbonyl (C=O) groups is 2. The lowest BCUT2D eigenvalue weighted by atomic mass is 9.44. The normalized spacial score (nSPS) is 32.2. The number of nitrogens with one attached hydrogen (secondary N) is 1. The Morgan fingerprint density at radius 1 is 1.06 bits per heavy atom. The maximum absolute atomic E-state index is 14.4. The Kier molecular flexibility index (Phi) is 5.74. The number of amides is 1. The minimum atomic E-state index is -0.638. The van der Waals surface area contributed by atoms with Gasteiger partial charge in [0, 0.05) is 42.3 Å². The summed E-state index contributed by atoms with van der Waals surface area (Å²) in [7, 11) is 0. The molecular formula is C29H33F2N3O2. The van der Waals surface area contributed by atoms with Crippen LogP contribution in [0, 0.1) is 40.7 Å². The molecule has 0 radical (unpaired) electrons. The van der Waals surface area contributed by atoms with Crippen LogP contribution in [0.15, 0.2) is 42.7 Å². The van der Waals surface area contributed by atoms with Gasteiger partial charge < -0.3 is 11.1 Å². The van der Waals surface area contributed by atoms with E-state index in [2.05, 4.69) is 10.3 Å². The molecule has 3 N–H and O–H groups in total. The quantitative estimate of drug-likeness (QED) is 0.580. The predicted octanol–water partition coefficient (Wildman–Crippen LogP) is 4.09. The van der Waals surface area contributed by atoms with Crippen LogP contribution >= 0.6 is 0 Å². The van der Waals surface area contributed by atoms with Crippen LogP contribution in [0.2, 0.25) is 0 Å². The summed E-state index contributed by atoms with van der Waals surface area (Å²) in [5.41, 5.74) is 7.30. The average Bonchev–Trinajstić information content (AvgIpc) is 3.63. The first-order valence-corrected chi connectivity index (χ1v) is 13.2. The number of aromatic nitrogens is 1. The van der Waals surface area contributed by atoms with Gasteiger partial charge in [0.1, 0.15) is 17.4 Å². The molecule has 2 aromatic rings. The molecule has 5 fully saturated rings. The molecule has 1 aromatic heterocycles. The van der Waals surface area contributed by atoms with Crippen LogP contribution in [0.4, 0.5) is 8.78 Å². The molecule has 3 atom stereocenters. The largest absolute Gasteiger partial charge is 0.354 e. The van der Waals surface area contributed by atoms with Crippen LogP contribution in [0.25, 0.3) is 0 Å². The van der Waals surface area contributed by atoms with E-state index in [-0.39, 0.29) is 29.1 Å². The van der Waals surface area contributed by atoms with Crippen LogP contribution in [0.1, 0.15) is 56.1 Å². The van der Waals surface area contributed by atoms with Crippen molar-refractivity contribution in [3.05, 3.63) is 65.5 Å². The first-order valence-electron chi connectivity index (χ1n) is 13.2. The van der Waals surface area contributed by atoms with Crippen molar-refractivity contribution in [1.82, 2.24) is 10.3 Å². The lowest BCUT2D eigenvalue weighted by Crippen LogP contribution is -2.61. The van der Waals surface area contributed by atoms with Gasteiger partial charge >= 0.3 is 0 Å². The van der Waals surface area contributed by atoms with E-state index in [1.165, 1.54) is 12.1 Å². The van der Waals surface area contributed by atoms with Gasteiger partial charge in [-0.25, -0.2) is 8.78 Å². The zero-order chi connectivity index (χ0) is 25.1. The number of Topliss-reactive ketones (excluding diaryl/α,β-unsaturated/α-hetero) is 1. The molecule has 7 heteroatoms. The molecule has 5 aliphatic rings. The SMILES string of the molecule is NC(C(=O)NCC1(c2ccc(F)cc2F)CC1)C1C2CC3CC1CC(C(=O)Cc1ccncc1)(C3)C2. The van der Waals surface area contributed by atoms with Gasteiger partial charge in [0.15, 0.2) is 0 Å². The highest BCUT2D eigenvalue weighted by Gasteiger charge is 2.59. The third kappa shape index (κ3) is 4.05. The Labute approximate surface area is 210 Å². The van der Waals surface area contributed by atoms with Crippen molar-refractivity contribution < 1.29 is 18.4 Å². The van der Waals surface area contributed by atoms with E-state index in [1.807, 2.05) is 12.1 Å². The summed E-state index contributed by atoms with van der Waals surface area (Å²) in [4.78, 5) is 30.8. The fraction of sp³-hybridized carbons (Fsp3) is 0.552. The second kappa shape index (κ2) is 8.72. The van der Waals surface area contributed by atoms with E-state index in [1.54, 1.807) is 12.4 Å². The fourth-order valence-electron chi connectivity index (χ4n) is 8.03.